The smallest absolute Gasteiger partial charge is 0.310 e. The molecule has 0 aromatic rings. The minimum absolute atomic E-state index is 0. The summed E-state index contributed by atoms with van der Waals surface area (Å²) in [6.07, 6.45) is 4.37. The third kappa shape index (κ3) is 6.45. The maximum atomic E-state index is 12.0. The second-order valence-corrected chi connectivity index (χ2v) is 5.87. The van der Waals surface area contributed by atoms with Crippen molar-refractivity contribution in [2.24, 2.45) is 10.9 Å². The fourth-order valence-electron chi connectivity index (χ4n) is 3.02. The largest absolute Gasteiger partial charge is 0.466 e. The second-order valence-electron chi connectivity index (χ2n) is 5.87. The van der Waals surface area contributed by atoms with Crippen LogP contribution >= 0.6 is 24.0 Å². The molecule has 2 rings (SSSR count). The van der Waals surface area contributed by atoms with E-state index in [2.05, 4.69) is 17.1 Å². The van der Waals surface area contributed by atoms with Crippen LogP contribution in [0.4, 0.5) is 0 Å². The highest BCUT2D eigenvalue weighted by Gasteiger charge is 2.28. The predicted molar refractivity (Wildman–Crippen MR) is 101 cm³/mol. The number of likely N-dealkylation sites (tertiary alicyclic amines) is 1. The minimum atomic E-state index is -0.0813. The number of carbonyl (C=O) groups is 1. The molecule has 0 saturated carbocycles. The average Bonchev–Trinajstić information content (AvgIpc) is 3.05. The first-order chi connectivity index (χ1) is 10.7. The highest BCUT2D eigenvalue weighted by molar-refractivity contribution is 14.0. The van der Waals surface area contributed by atoms with Gasteiger partial charge in [-0.25, -0.2) is 0 Å². The van der Waals surface area contributed by atoms with E-state index in [0.717, 1.165) is 51.3 Å². The molecule has 2 saturated heterocycles. The van der Waals surface area contributed by atoms with Crippen LogP contribution in [-0.4, -0.2) is 62.3 Å². The quantitative estimate of drug-likeness (QED) is 0.308. The number of hydrogen-bond donors (Lipinski definition) is 1. The zero-order valence-corrected chi connectivity index (χ0v) is 16.6. The van der Waals surface area contributed by atoms with Gasteiger partial charge in [0.25, 0.3) is 0 Å². The van der Waals surface area contributed by atoms with Gasteiger partial charge in [-0.3, -0.25) is 9.79 Å². The number of guanidine groups is 1. The molecular weight excluding hydrogens is 409 g/mol. The molecule has 0 aliphatic carbocycles. The molecule has 23 heavy (non-hydrogen) atoms. The van der Waals surface area contributed by atoms with Gasteiger partial charge in [-0.05, 0) is 39.5 Å². The lowest BCUT2D eigenvalue weighted by Crippen LogP contribution is -2.48. The molecule has 0 radical (unpaired) electrons. The Balaban J connectivity index is 0.00000264. The van der Waals surface area contributed by atoms with Crippen LogP contribution < -0.4 is 5.32 Å². The summed E-state index contributed by atoms with van der Waals surface area (Å²) in [4.78, 5) is 18.9. The van der Waals surface area contributed by atoms with Crippen LogP contribution in [0, 0.1) is 5.92 Å². The van der Waals surface area contributed by atoms with E-state index in [1.54, 1.807) is 0 Å². The maximum Gasteiger partial charge on any atom is 0.310 e. The molecule has 2 unspecified atom stereocenters. The van der Waals surface area contributed by atoms with Gasteiger partial charge >= 0.3 is 5.97 Å². The molecule has 7 heteroatoms. The van der Waals surface area contributed by atoms with Crippen molar-refractivity contribution in [3.05, 3.63) is 0 Å². The van der Waals surface area contributed by atoms with E-state index in [-0.39, 0.29) is 42.0 Å². The Bertz CT molecular complexity index is 387. The summed E-state index contributed by atoms with van der Waals surface area (Å²) >= 11 is 0. The van der Waals surface area contributed by atoms with Crippen molar-refractivity contribution in [2.75, 3.05) is 39.4 Å². The van der Waals surface area contributed by atoms with Crippen LogP contribution in [0.1, 0.15) is 39.5 Å². The summed E-state index contributed by atoms with van der Waals surface area (Å²) in [5, 5.41) is 3.34. The first-order valence-corrected chi connectivity index (χ1v) is 8.56. The summed E-state index contributed by atoms with van der Waals surface area (Å²) in [5.74, 6) is 0.773. The number of rotatable bonds is 5. The van der Waals surface area contributed by atoms with Gasteiger partial charge in [0.05, 0.1) is 25.2 Å². The Labute approximate surface area is 156 Å². The zero-order valence-electron chi connectivity index (χ0n) is 14.3. The lowest BCUT2D eigenvalue weighted by molar-refractivity contribution is -0.149. The van der Waals surface area contributed by atoms with Crippen molar-refractivity contribution >= 4 is 35.9 Å². The van der Waals surface area contributed by atoms with Crippen molar-refractivity contribution < 1.29 is 14.3 Å². The number of carbonyl (C=O) groups excluding carboxylic acids is 1. The van der Waals surface area contributed by atoms with Gasteiger partial charge < -0.3 is 19.7 Å². The Kier molecular flexibility index (Phi) is 9.85. The van der Waals surface area contributed by atoms with Gasteiger partial charge in [0.15, 0.2) is 5.96 Å². The van der Waals surface area contributed by atoms with Crippen molar-refractivity contribution in [1.29, 1.82) is 0 Å². The second kappa shape index (κ2) is 11.1. The molecule has 2 aliphatic rings. The Morgan fingerprint density at radius 1 is 1.35 bits per heavy atom. The number of nitrogens with zero attached hydrogens (tertiary/aromatic N) is 2. The first-order valence-electron chi connectivity index (χ1n) is 8.56. The lowest BCUT2D eigenvalue weighted by Gasteiger charge is -2.34. The van der Waals surface area contributed by atoms with Crippen molar-refractivity contribution in [1.82, 2.24) is 10.2 Å². The predicted octanol–water partition coefficient (Wildman–Crippen LogP) is 2.02. The van der Waals surface area contributed by atoms with Crippen LogP contribution in [0.3, 0.4) is 0 Å². The number of aliphatic imine (C=N–C) groups is 1. The number of nitrogens with one attached hydrogen (secondary N) is 1. The molecule has 2 aliphatic heterocycles. The van der Waals surface area contributed by atoms with E-state index in [0.29, 0.717) is 19.7 Å². The highest BCUT2D eigenvalue weighted by atomic mass is 127. The molecule has 2 fully saturated rings. The van der Waals surface area contributed by atoms with E-state index >= 15 is 0 Å². The summed E-state index contributed by atoms with van der Waals surface area (Å²) < 4.78 is 10.8. The molecule has 0 spiro atoms. The highest BCUT2D eigenvalue weighted by Crippen LogP contribution is 2.18. The molecule has 1 N–H and O–H groups in total. The van der Waals surface area contributed by atoms with Gasteiger partial charge in [-0.2, -0.15) is 0 Å². The third-order valence-electron chi connectivity index (χ3n) is 4.14. The van der Waals surface area contributed by atoms with Crippen LogP contribution in [0.2, 0.25) is 0 Å². The summed E-state index contributed by atoms with van der Waals surface area (Å²) in [5.41, 5.74) is 0. The number of halogens is 1. The van der Waals surface area contributed by atoms with Crippen molar-refractivity contribution in [3.63, 3.8) is 0 Å². The Morgan fingerprint density at radius 3 is 2.83 bits per heavy atom. The van der Waals surface area contributed by atoms with Crippen LogP contribution in [0.5, 0.6) is 0 Å². The summed E-state index contributed by atoms with van der Waals surface area (Å²) in [7, 11) is 0. The molecular formula is C16H30IN3O3. The number of ether oxygens (including phenoxy) is 2. The molecule has 2 heterocycles. The van der Waals surface area contributed by atoms with E-state index in [1.807, 2.05) is 6.92 Å². The minimum Gasteiger partial charge on any atom is -0.466 e. The monoisotopic (exact) mass is 439 g/mol. The van der Waals surface area contributed by atoms with E-state index in [4.69, 9.17) is 14.5 Å². The maximum absolute atomic E-state index is 12.0. The fourth-order valence-corrected chi connectivity index (χ4v) is 3.02. The van der Waals surface area contributed by atoms with Crippen LogP contribution in [0.15, 0.2) is 4.99 Å². The molecule has 0 aromatic heterocycles. The molecule has 134 valence electrons. The Hall–Kier alpha value is -0.570. The van der Waals surface area contributed by atoms with Gasteiger partial charge in [0, 0.05) is 26.2 Å². The standard InChI is InChI=1S/C16H29N3O3.HI/c1-3-17-16(18-11-14-8-6-10-22-14)19-9-5-7-13(12-19)15(20)21-4-2;/h13-14H,3-12H2,1-2H3,(H,17,18);1H. The molecule has 6 nitrogen and oxygen atoms in total. The normalized spacial score (nSPS) is 25.0. The third-order valence-corrected chi connectivity index (χ3v) is 4.14. The van der Waals surface area contributed by atoms with Crippen LogP contribution in [0.25, 0.3) is 0 Å². The molecule has 0 amide bonds. The fraction of sp³-hybridized carbons (Fsp3) is 0.875. The lowest BCUT2D eigenvalue weighted by atomic mass is 9.98. The molecule has 0 bridgehead atoms. The van der Waals surface area contributed by atoms with Gasteiger partial charge in [-0.15, -0.1) is 24.0 Å². The van der Waals surface area contributed by atoms with E-state index < -0.39 is 0 Å². The van der Waals surface area contributed by atoms with Gasteiger partial charge in [0.2, 0.25) is 0 Å². The summed E-state index contributed by atoms with van der Waals surface area (Å²) in [6.45, 7) is 8.37. The molecule has 2 atom stereocenters. The molecule has 0 aromatic carbocycles. The van der Waals surface area contributed by atoms with Crippen molar-refractivity contribution in [3.8, 4) is 0 Å². The summed E-state index contributed by atoms with van der Waals surface area (Å²) in [6, 6.07) is 0. The Morgan fingerprint density at radius 2 is 2.17 bits per heavy atom. The van der Waals surface area contributed by atoms with Gasteiger partial charge in [-0.1, -0.05) is 0 Å². The van der Waals surface area contributed by atoms with Crippen LogP contribution in [-0.2, 0) is 14.3 Å². The first kappa shape index (κ1) is 20.5. The SMILES string of the molecule is CCNC(=NCC1CCCO1)N1CCCC(C(=O)OCC)C1.I. The van der Waals surface area contributed by atoms with E-state index in [9.17, 15) is 4.79 Å². The van der Waals surface area contributed by atoms with E-state index in [1.165, 1.54) is 0 Å². The number of esters is 1. The number of piperidine rings is 1. The topological polar surface area (TPSA) is 63.2 Å². The van der Waals surface area contributed by atoms with Crippen molar-refractivity contribution in [2.45, 2.75) is 45.6 Å². The average molecular weight is 439 g/mol. The zero-order chi connectivity index (χ0) is 15.8. The van der Waals surface area contributed by atoms with Gasteiger partial charge in [0.1, 0.15) is 0 Å². The number of hydrogen-bond acceptors (Lipinski definition) is 4.